The van der Waals surface area contributed by atoms with Crippen LogP contribution in [0.15, 0.2) is 72.9 Å². The van der Waals surface area contributed by atoms with Gasteiger partial charge in [0.25, 0.3) is 0 Å². The molecule has 0 fully saturated rings. The zero-order valence-corrected chi connectivity index (χ0v) is 14.4. The van der Waals surface area contributed by atoms with Crippen LogP contribution in [0.3, 0.4) is 0 Å². The van der Waals surface area contributed by atoms with Crippen LogP contribution >= 0.6 is 11.6 Å². The molecule has 0 unspecified atom stereocenters. The molecule has 4 aromatic rings. The predicted octanol–water partition coefficient (Wildman–Crippen LogP) is 4.19. The second kappa shape index (κ2) is 6.98. The van der Waals surface area contributed by atoms with Crippen molar-refractivity contribution in [3.8, 4) is 5.75 Å². The van der Waals surface area contributed by atoms with Crippen LogP contribution in [-0.4, -0.2) is 20.4 Å². The van der Waals surface area contributed by atoms with Gasteiger partial charge in [0.05, 0.1) is 6.20 Å². The third kappa shape index (κ3) is 3.30. The van der Waals surface area contributed by atoms with Crippen molar-refractivity contribution in [3.05, 3.63) is 94.9 Å². The Morgan fingerprint density at radius 1 is 1.00 bits per heavy atom. The number of halogens is 1. The number of rotatable bonds is 5. The fourth-order valence-corrected chi connectivity index (χ4v) is 2.74. The average molecular weight is 364 g/mol. The maximum absolute atomic E-state index is 12.7. The van der Waals surface area contributed by atoms with Crippen LogP contribution in [0, 0.1) is 0 Å². The Morgan fingerprint density at radius 3 is 2.54 bits per heavy atom. The van der Waals surface area contributed by atoms with Gasteiger partial charge in [0.15, 0.2) is 5.65 Å². The smallest absolute Gasteiger partial charge is 0.213 e. The first-order valence-electron chi connectivity index (χ1n) is 8.02. The molecule has 0 N–H and O–H groups in total. The molecule has 26 heavy (non-hydrogen) atoms. The van der Waals surface area contributed by atoms with Crippen LogP contribution < -0.4 is 4.74 Å². The van der Waals surface area contributed by atoms with Crippen LogP contribution in [-0.2, 0) is 6.61 Å². The minimum absolute atomic E-state index is 0.179. The number of carbonyl (C=O) groups excluding carboxylic acids is 1. The molecule has 2 aromatic heterocycles. The Kier molecular flexibility index (Phi) is 4.37. The summed E-state index contributed by atoms with van der Waals surface area (Å²) in [6, 6.07) is 20.3. The van der Waals surface area contributed by atoms with Crippen LogP contribution in [0.4, 0.5) is 0 Å². The second-order valence-electron chi connectivity index (χ2n) is 5.70. The van der Waals surface area contributed by atoms with Gasteiger partial charge in [-0.2, -0.15) is 5.10 Å². The van der Waals surface area contributed by atoms with Gasteiger partial charge in [0, 0.05) is 5.56 Å². The van der Waals surface area contributed by atoms with Crippen molar-refractivity contribution < 1.29 is 9.53 Å². The molecule has 0 saturated heterocycles. The van der Waals surface area contributed by atoms with E-state index in [1.54, 1.807) is 36.4 Å². The molecule has 4 rings (SSSR count). The fourth-order valence-electron chi connectivity index (χ4n) is 2.60. The Morgan fingerprint density at radius 2 is 1.77 bits per heavy atom. The largest absolute Gasteiger partial charge is 0.489 e. The van der Waals surface area contributed by atoms with E-state index in [1.807, 2.05) is 30.3 Å². The second-order valence-corrected chi connectivity index (χ2v) is 6.08. The van der Waals surface area contributed by atoms with Crippen LogP contribution in [0.5, 0.6) is 5.75 Å². The van der Waals surface area contributed by atoms with E-state index in [-0.39, 0.29) is 5.78 Å². The number of nitrogens with zero attached hydrogens (tertiary/aromatic N) is 3. The quantitative estimate of drug-likeness (QED) is 0.499. The SMILES string of the molecule is O=C(c1ccc(OCc2ccccc2)cc1)c1cnc2ccc(Cl)nn12. The number of carbonyl (C=O) groups is 1. The lowest BCUT2D eigenvalue weighted by Gasteiger charge is -2.07. The highest BCUT2D eigenvalue weighted by molar-refractivity contribution is 6.29. The van der Waals surface area contributed by atoms with E-state index in [0.717, 1.165) is 5.56 Å². The summed E-state index contributed by atoms with van der Waals surface area (Å²) in [5.74, 6) is 0.520. The van der Waals surface area contributed by atoms with Gasteiger partial charge in [-0.15, -0.1) is 0 Å². The number of imidazole rings is 1. The number of hydrogen-bond acceptors (Lipinski definition) is 4. The summed E-state index contributed by atoms with van der Waals surface area (Å²) in [5, 5.41) is 4.44. The maximum Gasteiger partial charge on any atom is 0.213 e. The van der Waals surface area contributed by atoms with E-state index in [0.29, 0.717) is 34.4 Å². The number of ketones is 1. The van der Waals surface area contributed by atoms with Crippen molar-refractivity contribution in [2.75, 3.05) is 0 Å². The minimum atomic E-state index is -0.179. The summed E-state index contributed by atoms with van der Waals surface area (Å²) in [7, 11) is 0. The molecule has 0 amide bonds. The molecule has 0 aliphatic rings. The number of hydrogen-bond donors (Lipinski definition) is 0. The van der Waals surface area contributed by atoms with Gasteiger partial charge in [-0.05, 0) is 42.0 Å². The maximum atomic E-state index is 12.7. The summed E-state index contributed by atoms with van der Waals surface area (Å²) < 4.78 is 7.19. The first-order chi connectivity index (χ1) is 12.7. The molecule has 2 heterocycles. The van der Waals surface area contributed by atoms with E-state index in [4.69, 9.17) is 16.3 Å². The molecule has 6 heteroatoms. The highest BCUT2D eigenvalue weighted by Crippen LogP contribution is 2.18. The van der Waals surface area contributed by atoms with Gasteiger partial charge in [-0.1, -0.05) is 41.9 Å². The van der Waals surface area contributed by atoms with Crippen molar-refractivity contribution in [1.82, 2.24) is 14.6 Å². The molecule has 5 nitrogen and oxygen atoms in total. The van der Waals surface area contributed by atoms with Crippen LogP contribution in [0.1, 0.15) is 21.6 Å². The Bertz CT molecular complexity index is 1060. The van der Waals surface area contributed by atoms with Gasteiger partial charge < -0.3 is 4.74 Å². The molecule has 0 aliphatic heterocycles. The van der Waals surface area contributed by atoms with Gasteiger partial charge in [-0.25, -0.2) is 9.50 Å². The summed E-state index contributed by atoms with van der Waals surface area (Å²) in [5.41, 5.74) is 2.54. The Labute approximate surface area is 154 Å². The fraction of sp³-hybridized carbons (Fsp3) is 0.0500. The van der Waals surface area contributed by atoms with Gasteiger partial charge in [-0.3, -0.25) is 4.79 Å². The van der Waals surface area contributed by atoms with E-state index in [1.165, 1.54) is 10.7 Å². The lowest BCUT2D eigenvalue weighted by atomic mass is 10.1. The van der Waals surface area contributed by atoms with Crippen LogP contribution in [0.2, 0.25) is 5.15 Å². The lowest BCUT2D eigenvalue weighted by Crippen LogP contribution is -2.07. The summed E-state index contributed by atoms with van der Waals surface area (Å²) in [6.07, 6.45) is 1.50. The van der Waals surface area contributed by atoms with Gasteiger partial charge >= 0.3 is 0 Å². The normalized spacial score (nSPS) is 10.8. The lowest BCUT2D eigenvalue weighted by molar-refractivity contribution is 0.103. The molecule has 128 valence electrons. The van der Waals surface area contributed by atoms with Crippen molar-refractivity contribution in [2.24, 2.45) is 0 Å². The average Bonchev–Trinajstić information content (AvgIpc) is 3.10. The molecular formula is C20H14ClN3O2. The summed E-state index contributed by atoms with van der Waals surface area (Å²) >= 11 is 5.92. The van der Waals surface area contributed by atoms with E-state index < -0.39 is 0 Å². The topological polar surface area (TPSA) is 56.5 Å². The van der Waals surface area contributed by atoms with Gasteiger partial charge in [0.1, 0.15) is 23.2 Å². The van der Waals surface area contributed by atoms with E-state index >= 15 is 0 Å². The first kappa shape index (κ1) is 16.3. The number of fused-ring (bicyclic) bond motifs is 1. The van der Waals surface area contributed by atoms with E-state index in [9.17, 15) is 4.79 Å². The number of aromatic nitrogens is 3. The predicted molar refractivity (Wildman–Crippen MR) is 98.6 cm³/mol. The molecular weight excluding hydrogens is 350 g/mol. The third-order valence-electron chi connectivity index (χ3n) is 3.93. The number of benzene rings is 2. The summed E-state index contributed by atoms with van der Waals surface area (Å²) in [4.78, 5) is 16.9. The zero-order valence-electron chi connectivity index (χ0n) is 13.7. The zero-order chi connectivity index (χ0) is 17.9. The Hall–Kier alpha value is -3.18. The highest BCUT2D eigenvalue weighted by Gasteiger charge is 2.15. The molecule has 0 atom stereocenters. The molecule has 0 bridgehead atoms. The van der Waals surface area contributed by atoms with Crippen molar-refractivity contribution in [2.45, 2.75) is 6.61 Å². The van der Waals surface area contributed by atoms with Crippen molar-refractivity contribution in [1.29, 1.82) is 0 Å². The minimum Gasteiger partial charge on any atom is -0.489 e. The molecule has 0 saturated carbocycles. The molecule has 0 aliphatic carbocycles. The monoisotopic (exact) mass is 363 g/mol. The third-order valence-corrected chi connectivity index (χ3v) is 4.13. The number of ether oxygens (including phenoxy) is 1. The highest BCUT2D eigenvalue weighted by atomic mass is 35.5. The molecule has 0 radical (unpaired) electrons. The molecule has 0 spiro atoms. The molecule has 2 aromatic carbocycles. The van der Waals surface area contributed by atoms with Crippen LogP contribution in [0.25, 0.3) is 5.65 Å². The summed E-state index contributed by atoms with van der Waals surface area (Å²) in [6.45, 7) is 0.476. The standard InChI is InChI=1S/C20H14ClN3O2/c21-18-10-11-19-22-12-17(24(19)23-18)20(25)15-6-8-16(9-7-15)26-13-14-4-2-1-3-5-14/h1-12H,13H2. The first-order valence-corrected chi connectivity index (χ1v) is 8.40. The Balaban J connectivity index is 1.52. The van der Waals surface area contributed by atoms with Crippen molar-refractivity contribution >= 4 is 23.0 Å². The van der Waals surface area contributed by atoms with Crippen molar-refractivity contribution in [3.63, 3.8) is 0 Å². The van der Waals surface area contributed by atoms with E-state index in [2.05, 4.69) is 10.1 Å². The van der Waals surface area contributed by atoms with Gasteiger partial charge in [0.2, 0.25) is 5.78 Å².